The van der Waals surface area contributed by atoms with Crippen molar-refractivity contribution in [3.05, 3.63) is 28.5 Å². The van der Waals surface area contributed by atoms with Gasteiger partial charge in [0.05, 0.1) is 5.56 Å². The summed E-state index contributed by atoms with van der Waals surface area (Å²) in [5.74, 6) is -2.84. The molecule has 0 spiro atoms. The molecule has 18 heavy (non-hydrogen) atoms. The predicted octanol–water partition coefficient (Wildman–Crippen LogP) is 3.15. The molecule has 1 fully saturated rings. The minimum atomic E-state index is -2.57. The smallest absolute Gasteiger partial charge is 0.253 e. The molecule has 0 bridgehead atoms. The van der Waals surface area contributed by atoms with Crippen LogP contribution >= 0.6 is 15.9 Å². The molecule has 2 rings (SSSR count). The maximum Gasteiger partial charge on any atom is 0.253 e. The molecule has 1 heterocycles. The highest BCUT2D eigenvalue weighted by Gasteiger charge is 2.35. The van der Waals surface area contributed by atoms with Crippen LogP contribution < -0.4 is 5.32 Å². The van der Waals surface area contributed by atoms with E-state index in [1.165, 1.54) is 6.20 Å². The van der Waals surface area contributed by atoms with Crippen molar-refractivity contribution in [2.45, 2.75) is 37.6 Å². The summed E-state index contributed by atoms with van der Waals surface area (Å²) in [7, 11) is 0. The van der Waals surface area contributed by atoms with Crippen LogP contribution in [0.3, 0.4) is 0 Å². The molecule has 98 valence electrons. The van der Waals surface area contributed by atoms with Gasteiger partial charge in [0.25, 0.3) is 5.91 Å². The number of pyridine rings is 1. The third kappa shape index (κ3) is 3.48. The van der Waals surface area contributed by atoms with Gasteiger partial charge in [-0.2, -0.15) is 0 Å². The molecule has 1 saturated carbocycles. The minimum Gasteiger partial charge on any atom is -0.349 e. The van der Waals surface area contributed by atoms with Gasteiger partial charge in [0.15, 0.2) is 0 Å². The molecule has 0 unspecified atom stereocenters. The van der Waals surface area contributed by atoms with Gasteiger partial charge in [-0.15, -0.1) is 0 Å². The number of carbonyl (C=O) groups excluding carboxylic acids is 1. The van der Waals surface area contributed by atoms with Crippen LogP contribution in [0.15, 0.2) is 22.9 Å². The molecule has 0 aliphatic heterocycles. The van der Waals surface area contributed by atoms with Crippen LogP contribution in [0.5, 0.6) is 0 Å². The number of amides is 1. The van der Waals surface area contributed by atoms with Crippen molar-refractivity contribution in [3.8, 4) is 0 Å². The number of hydrogen-bond acceptors (Lipinski definition) is 2. The molecular weight excluding hydrogens is 306 g/mol. The van der Waals surface area contributed by atoms with E-state index in [9.17, 15) is 13.6 Å². The van der Waals surface area contributed by atoms with Crippen LogP contribution in [-0.2, 0) is 0 Å². The topological polar surface area (TPSA) is 42.0 Å². The second-order valence-electron chi connectivity index (χ2n) is 4.50. The number of halogens is 3. The average molecular weight is 319 g/mol. The third-order valence-corrected chi connectivity index (χ3v) is 3.45. The fraction of sp³-hybridized carbons (Fsp3) is 0.500. The average Bonchev–Trinajstić information content (AvgIpc) is 2.32. The van der Waals surface area contributed by atoms with E-state index < -0.39 is 5.92 Å². The van der Waals surface area contributed by atoms with E-state index in [1.807, 2.05) is 0 Å². The van der Waals surface area contributed by atoms with E-state index in [-0.39, 0.29) is 24.8 Å². The first kappa shape index (κ1) is 13.4. The fourth-order valence-electron chi connectivity index (χ4n) is 1.99. The standard InChI is InChI=1S/C12H13BrF2N2O/c13-9-5-8(6-16-7-9)11(18)17-10-1-3-12(14,15)4-2-10/h5-7,10H,1-4H2,(H,17,18). The molecule has 1 N–H and O–H groups in total. The number of rotatable bonds is 2. The molecule has 1 aliphatic carbocycles. The molecule has 0 atom stereocenters. The van der Waals surface area contributed by atoms with E-state index in [4.69, 9.17) is 0 Å². The third-order valence-electron chi connectivity index (χ3n) is 3.02. The summed E-state index contributed by atoms with van der Waals surface area (Å²) in [6.45, 7) is 0. The highest BCUT2D eigenvalue weighted by Crippen LogP contribution is 2.33. The second kappa shape index (κ2) is 5.30. The minimum absolute atomic E-state index is 0.158. The Morgan fingerprint density at radius 2 is 2.06 bits per heavy atom. The summed E-state index contributed by atoms with van der Waals surface area (Å²) in [5.41, 5.74) is 0.432. The van der Waals surface area contributed by atoms with Crippen LogP contribution in [-0.4, -0.2) is 22.9 Å². The lowest BCUT2D eigenvalue weighted by Gasteiger charge is -2.28. The van der Waals surface area contributed by atoms with Crippen molar-refractivity contribution in [1.29, 1.82) is 0 Å². The van der Waals surface area contributed by atoms with Crippen molar-refractivity contribution >= 4 is 21.8 Å². The van der Waals surface area contributed by atoms with E-state index in [1.54, 1.807) is 12.3 Å². The van der Waals surface area contributed by atoms with Gasteiger partial charge in [0.2, 0.25) is 5.92 Å². The van der Waals surface area contributed by atoms with Gasteiger partial charge in [0, 0.05) is 35.7 Å². The van der Waals surface area contributed by atoms with Gasteiger partial charge in [-0.25, -0.2) is 8.78 Å². The Labute approximate surface area is 112 Å². The molecular formula is C12H13BrF2N2O. The van der Waals surface area contributed by atoms with Crippen LogP contribution in [0.4, 0.5) is 8.78 Å². The number of hydrogen-bond donors (Lipinski definition) is 1. The van der Waals surface area contributed by atoms with Crippen molar-refractivity contribution in [2.75, 3.05) is 0 Å². The fourth-order valence-corrected chi connectivity index (χ4v) is 2.35. The quantitative estimate of drug-likeness (QED) is 0.910. The molecule has 1 aromatic rings. The molecule has 3 nitrogen and oxygen atoms in total. The number of carbonyl (C=O) groups is 1. The van der Waals surface area contributed by atoms with Gasteiger partial charge >= 0.3 is 0 Å². The summed E-state index contributed by atoms with van der Waals surface area (Å²) in [4.78, 5) is 15.8. The van der Waals surface area contributed by atoms with Crippen LogP contribution in [0.25, 0.3) is 0 Å². The Balaban J connectivity index is 1.93. The lowest BCUT2D eigenvalue weighted by Crippen LogP contribution is -2.40. The molecule has 1 amide bonds. The summed E-state index contributed by atoms with van der Waals surface area (Å²) in [6.07, 6.45) is 3.36. The molecule has 0 aromatic carbocycles. The first-order chi connectivity index (χ1) is 8.46. The zero-order valence-electron chi connectivity index (χ0n) is 9.63. The molecule has 0 saturated heterocycles. The van der Waals surface area contributed by atoms with E-state index in [0.29, 0.717) is 22.9 Å². The first-order valence-electron chi connectivity index (χ1n) is 5.75. The Morgan fingerprint density at radius 3 is 2.67 bits per heavy atom. The zero-order valence-corrected chi connectivity index (χ0v) is 11.2. The number of nitrogens with zero attached hydrogens (tertiary/aromatic N) is 1. The van der Waals surface area contributed by atoms with Gasteiger partial charge < -0.3 is 5.32 Å². The summed E-state index contributed by atoms with van der Waals surface area (Å²) >= 11 is 3.23. The highest BCUT2D eigenvalue weighted by molar-refractivity contribution is 9.10. The Hall–Kier alpha value is -1.04. The lowest BCUT2D eigenvalue weighted by molar-refractivity contribution is -0.0399. The lowest BCUT2D eigenvalue weighted by atomic mass is 9.92. The number of aromatic nitrogens is 1. The Kier molecular flexibility index (Phi) is 3.94. The maximum absolute atomic E-state index is 13.0. The van der Waals surface area contributed by atoms with Crippen molar-refractivity contribution in [3.63, 3.8) is 0 Å². The molecule has 6 heteroatoms. The van der Waals surface area contributed by atoms with Crippen LogP contribution in [0, 0.1) is 0 Å². The molecule has 1 aliphatic rings. The van der Waals surface area contributed by atoms with E-state index >= 15 is 0 Å². The van der Waals surface area contributed by atoms with Crippen LogP contribution in [0.1, 0.15) is 36.0 Å². The number of nitrogens with one attached hydrogen (secondary N) is 1. The van der Waals surface area contributed by atoms with Crippen molar-refractivity contribution in [1.82, 2.24) is 10.3 Å². The van der Waals surface area contributed by atoms with E-state index in [2.05, 4.69) is 26.2 Å². The molecule has 0 radical (unpaired) electrons. The van der Waals surface area contributed by atoms with Gasteiger partial charge in [-0.05, 0) is 34.8 Å². The normalized spacial score (nSPS) is 19.5. The SMILES string of the molecule is O=C(NC1CCC(F)(F)CC1)c1cncc(Br)c1. The maximum atomic E-state index is 13.0. The van der Waals surface area contributed by atoms with Crippen molar-refractivity contribution in [2.24, 2.45) is 0 Å². The van der Waals surface area contributed by atoms with Gasteiger partial charge in [0.1, 0.15) is 0 Å². The van der Waals surface area contributed by atoms with Crippen LogP contribution in [0.2, 0.25) is 0 Å². The summed E-state index contributed by atoms with van der Waals surface area (Å²) in [6, 6.07) is 1.48. The molecule has 1 aromatic heterocycles. The number of alkyl halides is 2. The summed E-state index contributed by atoms with van der Waals surface area (Å²) < 4.78 is 26.6. The monoisotopic (exact) mass is 318 g/mol. The Morgan fingerprint density at radius 1 is 1.39 bits per heavy atom. The second-order valence-corrected chi connectivity index (χ2v) is 5.41. The van der Waals surface area contributed by atoms with Crippen molar-refractivity contribution < 1.29 is 13.6 Å². The van der Waals surface area contributed by atoms with Gasteiger partial charge in [-0.1, -0.05) is 0 Å². The highest BCUT2D eigenvalue weighted by atomic mass is 79.9. The largest absolute Gasteiger partial charge is 0.349 e. The zero-order chi connectivity index (χ0) is 13.2. The van der Waals surface area contributed by atoms with Gasteiger partial charge in [-0.3, -0.25) is 9.78 Å². The van der Waals surface area contributed by atoms with E-state index in [0.717, 1.165) is 0 Å². The predicted molar refractivity (Wildman–Crippen MR) is 66.6 cm³/mol. The Bertz CT molecular complexity index is 443. The summed E-state index contributed by atoms with van der Waals surface area (Å²) in [5, 5.41) is 2.77. The first-order valence-corrected chi connectivity index (χ1v) is 6.55.